The van der Waals surface area contributed by atoms with Crippen LogP contribution < -0.4 is 15.6 Å². The molecule has 0 bridgehead atoms. The lowest BCUT2D eigenvalue weighted by molar-refractivity contribution is -0.140. The topological polar surface area (TPSA) is 125 Å². The van der Waals surface area contributed by atoms with Crippen LogP contribution in [0, 0.1) is 0 Å². The van der Waals surface area contributed by atoms with Crippen LogP contribution in [0.2, 0.25) is 5.02 Å². The lowest BCUT2D eigenvalue weighted by Gasteiger charge is -2.33. The Bertz CT molecular complexity index is 1420. The summed E-state index contributed by atoms with van der Waals surface area (Å²) in [6.07, 6.45) is 0.265. The lowest BCUT2D eigenvalue weighted by atomic mass is 9.84. The Morgan fingerprint density at radius 3 is 2.83 bits per heavy atom. The number of urea groups is 1. The lowest BCUT2D eigenvalue weighted by Crippen LogP contribution is -2.48. The first kappa shape index (κ1) is 22.9. The van der Waals surface area contributed by atoms with Crippen molar-refractivity contribution in [2.45, 2.75) is 25.4 Å². The maximum Gasteiger partial charge on any atom is 0.325 e. The maximum atomic E-state index is 13.4. The number of imide groups is 1. The molecule has 5 rings (SSSR count). The number of likely N-dealkylation sites (N-methyl/N-ethyl adjacent to an activating group) is 1. The van der Waals surface area contributed by atoms with E-state index < -0.39 is 29.9 Å². The molecule has 1 aromatic heterocycles. The largest absolute Gasteiger partial charge is 0.493 e. The van der Waals surface area contributed by atoms with Crippen LogP contribution in [-0.4, -0.2) is 57.3 Å². The number of benzene rings is 2. The number of nitrogens with one attached hydrogen (secondary N) is 2. The number of H-pyrrole nitrogens is 1. The second-order valence-corrected chi connectivity index (χ2v) is 8.84. The van der Waals surface area contributed by atoms with Crippen LogP contribution in [-0.2, 0) is 21.7 Å². The van der Waals surface area contributed by atoms with Crippen molar-refractivity contribution >= 4 is 40.3 Å². The third-order valence-electron chi connectivity index (χ3n) is 6.34. The Morgan fingerprint density at radius 1 is 1.23 bits per heavy atom. The van der Waals surface area contributed by atoms with Gasteiger partial charge in [-0.1, -0.05) is 29.8 Å². The normalized spacial score (nSPS) is 19.0. The van der Waals surface area contributed by atoms with Gasteiger partial charge in [-0.3, -0.25) is 19.3 Å². The summed E-state index contributed by atoms with van der Waals surface area (Å²) in [4.78, 5) is 61.2. The van der Waals surface area contributed by atoms with Crippen molar-refractivity contribution in [2.75, 3.05) is 19.7 Å². The van der Waals surface area contributed by atoms with E-state index in [9.17, 15) is 19.2 Å². The van der Waals surface area contributed by atoms with Gasteiger partial charge in [-0.05, 0) is 31.2 Å². The number of ether oxygens (including phenoxy) is 1. The predicted molar refractivity (Wildman–Crippen MR) is 127 cm³/mol. The van der Waals surface area contributed by atoms with E-state index in [1.807, 2.05) is 0 Å². The molecule has 2 N–H and O–H groups in total. The molecule has 0 saturated carbocycles. The highest BCUT2D eigenvalue weighted by molar-refractivity contribution is 6.31. The van der Waals surface area contributed by atoms with Crippen molar-refractivity contribution in [3.8, 4) is 5.75 Å². The first-order valence-electron chi connectivity index (χ1n) is 11.1. The first-order valence-corrected chi connectivity index (χ1v) is 11.5. The highest BCUT2D eigenvalue weighted by atomic mass is 35.5. The number of carbonyl (C=O) groups excluding carboxylic acids is 3. The number of halogens is 1. The highest BCUT2D eigenvalue weighted by Crippen LogP contribution is 2.40. The van der Waals surface area contributed by atoms with E-state index in [4.69, 9.17) is 16.3 Å². The number of amides is 4. The summed E-state index contributed by atoms with van der Waals surface area (Å²) < 4.78 is 5.64. The minimum absolute atomic E-state index is 0.00150. The number of hydrogen-bond acceptors (Lipinski definition) is 6. The fourth-order valence-electron chi connectivity index (χ4n) is 4.54. The maximum absolute atomic E-state index is 13.4. The summed E-state index contributed by atoms with van der Waals surface area (Å²) in [5.41, 5.74) is -0.620. The van der Waals surface area contributed by atoms with Gasteiger partial charge in [0, 0.05) is 23.6 Å². The van der Waals surface area contributed by atoms with Crippen LogP contribution in [0.15, 0.2) is 47.3 Å². The van der Waals surface area contributed by atoms with Gasteiger partial charge < -0.3 is 19.9 Å². The van der Waals surface area contributed by atoms with E-state index >= 15 is 0 Å². The summed E-state index contributed by atoms with van der Waals surface area (Å²) in [5, 5.41) is 3.60. The molecule has 2 aliphatic heterocycles. The summed E-state index contributed by atoms with van der Waals surface area (Å²) in [7, 11) is 0. The van der Waals surface area contributed by atoms with Gasteiger partial charge in [0.2, 0.25) is 5.91 Å². The van der Waals surface area contributed by atoms with Crippen molar-refractivity contribution < 1.29 is 19.1 Å². The molecular weight excluding hydrogens is 474 g/mol. The van der Waals surface area contributed by atoms with Crippen LogP contribution >= 0.6 is 11.6 Å². The van der Waals surface area contributed by atoms with Crippen molar-refractivity contribution in [1.82, 2.24) is 25.1 Å². The van der Waals surface area contributed by atoms with Crippen LogP contribution in [0.1, 0.15) is 24.7 Å². The van der Waals surface area contributed by atoms with Crippen molar-refractivity contribution in [1.29, 1.82) is 0 Å². The number of rotatable bonds is 5. The zero-order valence-electron chi connectivity index (χ0n) is 18.8. The fourth-order valence-corrected chi connectivity index (χ4v) is 4.71. The minimum atomic E-state index is -1.26. The SMILES string of the molecule is CCN(Cc1nc2cc(Cl)ccc2c(=O)[nH]1)C(=O)CN1C(=O)N[C@]2(CCOc3ccccc32)C1=O. The zero-order valence-corrected chi connectivity index (χ0v) is 19.6. The van der Waals surface area contributed by atoms with E-state index in [1.165, 1.54) is 4.90 Å². The van der Waals surface area contributed by atoms with Gasteiger partial charge in [0.05, 0.1) is 24.1 Å². The Morgan fingerprint density at radius 2 is 2.03 bits per heavy atom. The Kier molecular flexibility index (Phi) is 5.68. The summed E-state index contributed by atoms with van der Waals surface area (Å²) in [6, 6.07) is 11.2. The molecule has 0 unspecified atom stereocenters. The number of nitrogens with zero attached hydrogens (tertiary/aromatic N) is 3. The predicted octanol–water partition coefficient (Wildman–Crippen LogP) is 2.15. The number of para-hydroxylation sites is 1. The van der Waals surface area contributed by atoms with E-state index in [1.54, 1.807) is 49.4 Å². The van der Waals surface area contributed by atoms with Crippen molar-refractivity contribution in [2.24, 2.45) is 0 Å². The van der Waals surface area contributed by atoms with Crippen LogP contribution in [0.25, 0.3) is 10.9 Å². The molecule has 11 heteroatoms. The molecule has 1 saturated heterocycles. The molecule has 0 radical (unpaired) electrons. The molecule has 4 amide bonds. The smallest absolute Gasteiger partial charge is 0.325 e. The van der Waals surface area contributed by atoms with Gasteiger partial charge in [-0.25, -0.2) is 9.78 Å². The van der Waals surface area contributed by atoms with Gasteiger partial charge in [-0.2, -0.15) is 0 Å². The molecule has 3 aromatic rings. The van der Waals surface area contributed by atoms with Crippen molar-refractivity contribution in [3.63, 3.8) is 0 Å². The summed E-state index contributed by atoms with van der Waals surface area (Å²) >= 11 is 6.02. The quantitative estimate of drug-likeness (QED) is 0.522. The second-order valence-electron chi connectivity index (χ2n) is 8.40. The fraction of sp³-hybridized carbons (Fsp3) is 0.292. The molecule has 3 heterocycles. The average molecular weight is 496 g/mol. The molecule has 0 aliphatic carbocycles. The summed E-state index contributed by atoms with van der Waals surface area (Å²) in [6.45, 7) is 1.86. The average Bonchev–Trinajstić information content (AvgIpc) is 3.07. The molecule has 1 fully saturated rings. The van der Waals surface area contributed by atoms with Gasteiger partial charge >= 0.3 is 6.03 Å². The van der Waals surface area contributed by atoms with Gasteiger partial charge in [0.25, 0.3) is 11.5 Å². The Labute approximate surface area is 204 Å². The number of aromatic nitrogens is 2. The zero-order chi connectivity index (χ0) is 24.7. The van der Waals surface area contributed by atoms with E-state index in [2.05, 4.69) is 15.3 Å². The van der Waals surface area contributed by atoms with Crippen LogP contribution in [0.3, 0.4) is 0 Å². The number of carbonyl (C=O) groups is 3. The molecular formula is C24H22ClN5O5. The second kappa shape index (κ2) is 8.70. The number of aromatic amines is 1. The molecule has 2 aromatic carbocycles. The van der Waals surface area contributed by atoms with E-state index in [0.717, 1.165) is 4.90 Å². The Hall–Kier alpha value is -3.92. The molecule has 35 heavy (non-hydrogen) atoms. The highest BCUT2D eigenvalue weighted by Gasteiger charge is 2.55. The monoisotopic (exact) mass is 495 g/mol. The van der Waals surface area contributed by atoms with E-state index in [-0.39, 0.29) is 37.5 Å². The van der Waals surface area contributed by atoms with Crippen molar-refractivity contribution in [3.05, 3.63) is 69.2 Å². The number of hydrogen-bond donors (Lipinski definition) is 2. The number of fused-ring (bicyclic) bond motifs is 3. The van der Waals surface area contributed by atoms with E-state index in [0.29, 0.717) is 27.2 Å². The van der Waals surface area contributed by atoms with Gasteiger partial charge in [0.15, 0.2) is 5.54 Å². The third-order valence-corrected chi connectivity index (χ3v) is 6.58. The molecule has 1 atom stereocenters. The van der Waals surface area contributed by atoms with Gasteiger partial charge in [-0.15, -0.1) is 0 Å². The molecule has 180 valence electrons. The molecule has 1 spiro atoms. The minimum Gasteiger partial charge on any atom is -0.493 e. The van der Waals surface area contributed by atoms with Crippen LogP contribution in [0.4, 0.5) is 4.79 Å². The van der Waals surface area contributed by atoms with Gasteiger partial charge in [0.1, 0.15) is 18.1 Å². The molecule has 2 aliphatic rings. The summed E-state index contributed by atoms with van der Waals surface area (Å²) in [5.74, 6) is -0.147. The standard InChI is InChI=1S/C24H22ClN5O5/c1-2-29(12-19-26-17-11-14(25)7-8-15(17)21(32)27-19)20(31)13-30-22(33)24(28-23(30)34)9-10-35-18-6-4-3-5-16(18)24/h3-8,11H,2,9-10,12-13H2,1H3,(H,28,34)(H,26,27,32)/t24-/m0/s1. The third kappa shape index (κ3) is 3.89. The first-order chi connectivity index (χ1) is 16.8. The molecule has 10 nitrogen and oxygen atoms in total. The Balaban J connectivity index is 1.36. The van der Waals surface area contributed by atoms with Crippen LogP contribution in [0.5, 0.6) is 5.75 Å².